The van der Waals surface area contributed by atoms with Gasteiger partial charge in [-0.1, -0.05) is 4.49 Å². The predicted molar refractivity (Wildman–Crippen MR) is 54.2 cm³/mol. The van der Waals surface area contributed by atoms with E-state index in [2.05, 4.69) is 22.2 Å². The summed E-state index contributed by atoms with van der Waals surface area (Å²) in [4.78, 5) is 13.2. The maximum Gasteiger partial charge on any atom is 0.228 e. The lowest BCUT2D eigenvalue weighted by molar-refractivity contribution is -0.117. The third kappa shape index (κ3) is 1.68. The lowest BCUT2D eigenvalue weighted by Gasteiger charge is -2.11. The van der Waals surface area contributed by atoms with Crippen LogP contribution in [0.1, 0.15) is 6.42 Å². The Morgan fingerprint density at radius 3 is 3.15 bits per heavy atom. The van der Waals surface area contributed by atoms with Crippen LogP contribution in [-0.2, 0) is 4.79 Å². The van der Waals surface area contributed by atoms with Crippen LogP contribution in [0.4, 0.5) is 5.00 Å². The first kappa shape index (κ1) is 8.96. The lowest BCUT2D eigenvalue weighted by atomic mass is 10.1. The molecule has 0 saturated carbocycles. The van der Waals surface area contributed by atoms with Crippen molar-refractivity contribution >= 4 is 35.1 Å². The summed E-state index contributed by atoms with van der Waals surface area (Å²) in [5, 5.41) is 4.55. The number of thiol groups is 1. The maximum absolute atomic E-state index is 11.5. The summed E-state index contributed by atoms with van der Waals surface area (Å²) >= 11 is 5.44. The van der Waals surface area contributed by atoms with E-state index in [1.807, 2.05) is 0 Å². The quantitative estimate of drug-likeness (QED) is 0.743. The molecule has 2 heterocycles. The van der Waals surface area contributed by atoms with Crippen LogP contribution in [0.25, 0.3) is 0 Å². The fourth-order valence-corrected chi connectivity index (χ4v) is 2.19. The Morgan fingerprint density at radius 2 is 2.62 bits per heavy atom. The number of nitrogens with zero attached hydrogens (tertiary/aromatic N) is 3. The van der Waals surface area contributed by atoms with Gasteiger partial charge in [0.1, 0.15) is 5.00 Å². The van der Waals surface area contributed by atoms with E-state index in [-0.39, 0.29) is 5.91 Å². The molecule has 2 rings (SSSR count). The summed E-state index contributed by atoms with van der Waals surface area (Å²) in [6.07, 6.45) is 2.23. The summed E-state index contributed by atoms with van der Waals surface area (Å²) < 4.78 is 3.73. The Kier molecular flexibility index (Phi) is 2.50. The SMILES string of the molecule is O=C1CC(CS)CN1c1cnns1. The Morgan fingerprint density at radius 1 is 1.77 bits per heavy atom. The molecule has 0 bridgehead atoms. The highest BCUT2D eigenvalue weighted by Gasteiger charge is 2.30. The molecule has 0 N–H and O–H groups in total. The van der Waals surface area contributed by atoms with Gasteiger partial charge in [0.2, 0.25) is 5.91 Å². The smallest absolute Gasteiger partial charge is 0.228 e. The summed E-state index contributed by atoms with van der Waals surface area (Å²) in [5.74, 6) is 1.29. The van der Waals surface area contributed by atoms with Gasteiger partial charge in [0.15, 0.2) is 0 Å². The number of aromatic nitrogens is 2. The second kappa shape index (κ2) is 3.63. The van der Waals surface area contributed by atoms with E-state index in [1.165, 1.54) is 11.5 Å². The monoisotopic (exact) mass is 215 g/mol. The fourth-order valence-electron chi connectivity index (χ4n) is 1.40. The highest BCUT2D eigenvalue weighted by Crippen LogP contribution is 2.26. The van der Waals surface area contributed by atoms with Gasteiger partial charge in [0.25, 0.3) is 0 Å². The predicted octanol–water partition coefficient (Wildman–Crippen LogP) is 0.821. The van der Waals surface area contributed by atoms with Gasteiger partial charge in [0.05, 0.1) is 6.20 Å². The molecule has 1 unspecified atom stereocenters. The van der Waals surface area contributed by atoms with Crippen molar-refractivity contribution in [2.75, 3.05) is 17.2 Å². The zero-order valence-electron chi connectivity index (χ0n) is 6.88. The standard InChI is InChI=1S/C7H9N3OS2/c11-6-1-5(4-12)3-10(6)7-2-8-9-13-7/h2,5,12H,1,3-4H2. The molecule has 13 heavy (non-hydrogen) atoms. The summed E-state index contributed by atoms with van der Waals surface area (Å²) in [7, 11) is 0. The molecular formula is C7H9N3OS2. The number of amides is 1. The number of hydrogen-bond acceptors (Lipinski definition) is 5. The average molecular weight is 215 g/mol. The van der Waals surface area contributed by atoms with E-state index in [0.717, 1.165) is 17.3 Å². The highest BCUT2D eigenvalue weighted by molar-refractivity contribution is 7.80. The van der Waals surface area contributed by atoms with Gasteiger partial charge in [-0.2, -0.15) is 12.6 Å². The van der Waals surface area contributed by atoms with E-state index in [0.29, 0.717) is 12.3 Å². The van der Waals surface area contributed by atoms with Crippen molar-refractivity contribution in [3.63, 3.8) is 0 Å². The van der Waals surface area contributed by atoms with Crippen LogP contribution in [0.15, 0.2) is 6.20 Å². The summed E-state index contributed by atoms with van der Waals surface area (Å²) in [6, 6.07) is 0. The van der Waals surface area contributed by atoms with E-state index in [4.69, 9.17) is 0 Å². The molecule has 1 aromatic rings. The largest absolute Gasteiger partial charge is 0.301 e. The summed E-state index contributed by atoms with van der Waals surface area (Å²) in [6.45, 7) is 0.756. The Balaban J connectivity index is 2.14. The molecule has 1 fully saturated rings. The van der Waals surface area contributed by atoms with E-state index >= 15 is 0 Å². The van der Waals surface area contributed by atoms with Crippen molar-refractivity contribution in [1.29, 1.82) is 0 Å². The van der Waals surface area contributed by atoms with Gasteiger partial charge in [-0.15, -0.1) is 5.10 Å². The fraction of sp³-hybridized carbons (Fsp3) is 0.571. The maximum atomic E-state index is 11.5. The van der Waals surface area contributed by atoms with E-state index in [1.54, 1.807) is 11.1 Å². The highest BCUT2D eigenvalue weighted by atomic mass is 32.1. The molecule has 1 aliphatic heterocycles. The van der Waals surface area contributed by atoms with Crippen molar-refractivity contribution in [2.24, 2.45) is 5.92 Å². The minimum absolute atomic E-state index is 0.158. The molecule has 1 aromatic heterocycles. The first-order valence-electron chi connectivity index (χ1n) is 4.00. The number of rotatable bonds is 2. The molecule has 1 amide bonds. The number of carbonyl (C=O) groups is 1. The lowest BCUT2D eigenvalue weighted by Crippen LogP contribution is -2.23. The Bertz CT molecular complexity index is 301. The second-order valence-electron chi connectivity index (χ2n) is 3.01. The van der Waals surface area contributed by atoms with E-state index in [9.17, 15) is 4.79 Å². The van der Waals surface area contributed by atoms with Crippen LogP contribution in [-0.4, -0.2) is 27.8 Å². The zero-order chi connectivity index (χ0) is 9.26. The Labute approximate surface area is 85.5 Å². The van der Waals surface area contributed by atoms with Crippen LogP contribution < -0.4 is 4.90 Å². The van der Waals surface area contributed by atoms with Crippen LogP contribution in [0.3, 0.4) is 0 Å². The van der Waals surface area contributed by atoms with Crippen LogP contribution in [0, 0.1) is 5.92 Å². The van der Waals surface area contributed by atoms with Crippen LogP contribution in [0.2, 0.25) is 0 Å². The average Bonchev–Trinajstić information content (AvgIpc) is 2.72. The van der Waals surface area contributed by atoms with Gasteiger partial charge < -0.3 is 4.90 Å². The number of hydrogen-bond donors (Lipinski definition) is 1. The second-order valence-corrected chi connectivity index (χ2v) is 4.14. The van der Waals surface area contributed by atoms with Crippen LogP contribution in [0.5, 0.6) is 0 Å². The van der Waals surface area contributed by atoms with E-state index < -0.39 is 0 Å². The van der Waals surface area contributed by atoms with Gasteiger partial charge in [0, 0.05) is 24.5 Å². The minimum Gasteiger partial charge on any atom is -0.301 e. The molecule has 1 saturated heterocycles. The van der Waals surface area contributed by atoms with Gasteiger partial charge >= 0.3 is 0 Å². The van der Waals surface area contributed by atoms with Crippen molar-refractivity contribution < 1.29 is 4.79 Å². The van der Waals surface area contributed by atoms with Gasteiger partial charge in [-0.05, 0) is 11.7 Å². The summed E-state index contributed by atoms with van der Waals surface area (Å²) in [5.41, 5.74) is 0. The molecule has 0 radical (unpaired) electrons. The van der Waals surface area contributed by atoms with Crippen molar-refractivity contribution in [2.45, 2.75) is 6.42 Å². The first-order chi connectivity index (χ1) is 6.31. The van der Waals surface area contributed by atoms with Crippen molar-refractivity contribution in [1.82, 2.24) is 9.59 Å². The van der Waals surface area contributed by atoms with Crippen molar-refractivity contribution in [3.8, 4) is 0 Å². The molecule has 0 aromatic carbocycles. The molecule has 1 aliphatic rings. The molecular weight excluding hydrogens is 206 g/mol. The van der Waals surface area contributed by atoms with Gasteiger partial charge in [-0.3, -0.25) is 4.79 Å². The Hall–Kier alpha value is -0.620. The van der Waals surface area contributed by atoms with Crippen LogP contribution >= 0.6 is 24.2 Å². The molecule has 70 valence electrons. The third-order valence-corrected chi connectivity index (χ3v) is 3.28. The molecule has 4 nitrogen and oxygen atoms in total. The molecule has 6 heteroatoms. The zero-order valence-corrected chi connectivity index (χ0v) is 8.59. The minimum atomic E-state index is 0.158. The molecule has 0 spiro atoms. The first-order valence-corrected chi connectivity index (χ1v) is 5.40. The van der Waals surface area contributed by atoms with Crippen molar-refractivity contribution in [3.05, 3.63) is 6.20 Å². The van der Waals surface area contributed by atoms with Gasteiger partial charge in [-0.25, -0.2) is 0 Å². The molecule has 1 atom stereocenters. The number of anilines is 1. The molecule has 0 aliphatic carbocycles. The topological polar surface area (TPSA) is 46.1 Å². The number of carbonyl (C=O) groups excluding carboxylic acids is 1. The normalized spacial score (nSPS) is 22.7. The third-order valence-electron chi connectivity index (χ3n) is 2.08.